The van der Waals surface area contributed by atoms with Gasteiger partial charge in [0.2, 0.25) is 0 Å². The highest BCUT2D eigenvalue weighted by molar-refractivity contribution is 8.02. The highest BCUT2D eigenvalue weighted by Crippen LogP contribution is 2.36. The highest BCUT2D eigenvalue weighted by Gasteiger charge is 2.19. The predicted octanol–water partition coefficient (Wildman–Crippen LogP) is 3.09. The summed E-state index contributed by atoms with van der Waals surface area (Å²) in [5.41, 5.74) is 0.920. The average molecular weight is 210 g/mol. The fourth-order valence-corrected chi connectivity index (χ4v) is 3.40. The summed E-state index contributed by atoms with van der Waals surface area (Å²) < 4.78 is 0. The first kappa shape index (κ1) is 9.16. The lowest BCUT2D eigenvalue weighted by Gasteiger charge is -2.16. The van der Waals surface area contributed by atoms with Crippen molar-refractivity contribution in [2.75, 3.05) is 12.0 Å². The van der Waals surface area contributed by atoms with E-state index < -0.39 is 0 Å². The Hall–Kier alpha value is -0.410. The zero-order chi connectivity index (χ0) is 9.26. The van der Waals surface area contributed by atoms with E-state index in [1.165, 1.54) is 9.79 Å². The summed E-state index contributed by atoms with van der Waals surface area (Å²) in [5.74, 6) is 1.23. The van der Waals surface area contributed by atoms with Gasteiger partial charge in [-0.3, -0.25) is 4.79 Å². The van der Waals surface area contributed by atoms with Gasteiger partial charge in [-0.2, -0.15) is 0 Å². The Morgan fingerprint density at radius 2 is 2.31 bits per heavy atom. The van der Waals surface area contributed by atoms with E-state index in [-0.39, 0.29) is 0 Å². The van der Waals surface area contributed by atoms with E-state index >= 15 is 0 Å². The summed E-state index contributed by atoms with van der Waals surface area (Å²) in [5, 5.41) is 0. The number of ketones is 1. The molecule has 1 aliphatic rings. The number of rotatable bonds is 1. The maximum absolute atomic E-state index is 11.5. The van der Waals surface area contributed by atoms with Gasteiger partial charge < -0.3 is 0 Å². The first-order valence-corrected chi connectivity index (χ1v) is 6.37. The molecule has 0 saturated carbocycles. The second-order valence-corrected chi connectivity index (χ2v) is 4.81. The number of Topliss-reactive ketones (excluding diaryl/α,β-unsaturated/α-hetero) is 1. The number of fused-ring (bicyclic) bond motifs is 1. The molecule has 1 aliphatic heterocycles. The normalized spacial score (nSPS) is 15.6. The number of hydrogen-bond donors (Lipinski definition) is 0. The molecule has 0 amide bonds. The first-order chi connectivity index (χ1) is 6.33. The molecule has 1 aromatic carbocycles. The van der Waals surface area contributed by atoms with Gasteiger partial charge in [-0.25, -0.2) is 0 Å². The van der Waals surface area contributed by atoms with Crippen LogP contribution in [0.1, 0.15) is 16.8 Å². The number of thioether (sulfide) groups is 2. The molecule has 2 rings (SSSR count). The van der Waals surface area contributed by atoms with Gasteiger partial charge in [0.1, 0.15) is 0 Å². The van der Waals surface area contributed by atoms with Crippen LogP contribution in [-0.2, 0) is 0 Å². The third kappa shape index (κ3) is 1.63. The molecule has 0 spiro atoms. The predicted molar refractivity (Wildman–Crippen MR) is 57.9 cm³/mol. The average Bonchev–Trinajstić information content (AvgIpc) is 2.18. The second kappa shape index (κ2) is 3.76. The zero-order valence-corrected chi connectivity index (χ0v) is 9.00. The van der Waals surface area contributed by atoms with Crippen molar-refractivity contribution in [3.63, 3.8) is 0 Å². The molecule has 0 N–H and O–H groups in total. The van der Waals surface area contributed by atoms with Crippen molar-refractivity contribution in [1.82, 2.24) is 0 Å². The number of hydrogen-bond acceptors (Lipinski definition) is 3. The van der Waals surface area contributed by atoms with Gasteiger partial charge in [-0.1, -0.05) is 12.1 Å². The Labute approximate surface area is 86.3 Å². The highest BCUT2D eigenvalue weighted by atomic mass is 32.2. The van der Waals surface area contributed by atoms with Gasteiger partial charge in [0.05, 0.1) is 0 Å². The zero-order valence-electron chi connectivity index (χ0n) is 7.37. The van der Waals surface area contributed by atoms with E-state index in [0.29, 0.717) is 12.2 Å². The Bertz CT molecular complexity index is 347. The Balaban J connectivity index is 2.54. The summed E-state index contributed by atoms with van der Waals surface area (Å²) >= 11 is 3.51. The lowest BCUT2D eigenvalue weighted by Crippen LogP contribution is -2.08. The van der Waals surface area contributed by atoms with Gasteiger partial charge >= 0.3 is 0 Å². The van der Waals surface area contributed by atoms with Crippen molar-refractivity contribution < 1.29 is 4.79 Å². The van der Waals surface area contributed by atoms with Crippen molar-refractivity contribution in [1.29, 1.82) is 0 Å². The van der Waals surface area contributed by atoms with Crippen molar-refractivity contribution in [3.05, 3.63) is 23.8 Å². The Morgan fingerprint density at radius 1 is 1.46 bits per heavy atom. The maximum Gasteiger partial charge on any atom is 0.164 e. The molecule has 68 valence electrons. The molecule has 1 aromatic rings. The molecule has 0 radical (unpaired) electrons. The molecule has 0 atom stereocenters. The lowest BCUT2D eigenvalue weighted by molar-refractivity contribution is 0.0984. The van der Waals surface area contributed by atoms with E-state index in [0.717, 1.165) is 11.3 Å². The van der Waals surface area contributed by atoms with Crippen LogP contribution in [0, 0.1) is 0 Å². The summed E-state index contributed by atoms with van der Waals surface area (Å²) in [6.45, 7) is 0. The van der Waals surface area contributed by atoms with Crippen LogP contribution in [0.25, 0.3) is 0 Å². The molecule has 3 heteroatoms. The van der Waals surface area contributed by atoms with Crippen LogP contribution >= 0.6 is 23.5 Å². The van der Waals surface area contributed by atoms with Crippen LogP contribution in [0.3, 0.4) is 0 Å². The number of benzene rings is 1. The van der Waals surface area contributed by atoms with Crippen molar-refractivity contribution in [3.8, 4) is 0 Å². The smallest absolute Gasteiger partial charge is 0.164 e. The quantitative estimate of drug-likeness (QED) is 0.663. The molecule has 0 unspecified atom stereocenters. The van der Waals surface area contributed by atoms with Crippen LogP contribution in [-0.4, -0.2) is 17.8 Å². The summed E-state index contributed by atoms with van der Waals surface area (Å²) in [4.78, 5) is 13.9. The fraction of sp³-hybridized carbons (Fsp3) is 0.300. The summed E-state index contributed by atoms with van der Waals surface area (Å²) in [6.07, 6.45) is 2.74. The molecule has 0 aromatic heterocycles. The van der Waals surface area contributed by atoms with E-state index in [1.54, 1.807) is 23.5 Å². The number of carbonyl (C=O) groups excluding carboxylic acids is 1. The molecule has 0 saturated heterocycles. The summed E-state index contributed by atoms with van der Waals surface area (Å²) in [6, 6.07) is 5.98. The van der Waals surface area contributed by atoms with E-state index in [9.17, 15) is 4.79 Å². The Kier molecular flexibility index (Phi) is 2.65. The minimum atomic E-state index is 0.296. The summed E-state index contributed by atoms with van der Waals surface area (Å²) in [7, 11) is 0. The second-order valence-electron chi connectivity index (χ2n) is 2.86. The third-order valence-electron chi connectivity index (χ3n) is 2.07. The first-order valence-electron chi connectivity index (χ1n) is 4.16. The molecule has 1 nitrogen and oxygen atoms in total. The van der Waals surface area contributed by atoms with Gasteiger partial charge in [0.15, 0.2) is 5.78 Å². The van der Waals surface area contributed by atoms with E-state index in [4.69, 9.17) is 0 Å². The molecule has 13 heavy (non-hydrogen) atoms. The lowest BCUT2D eigenvalue weighted by atomic mass is 10.1. The molecular formula is C10H10OS2. The molecular weight excluding hydrogens is 200 g/mol. The van der Waals surface area contributed by atoms with E-state index in [1.807, 2.05) is 12.1 Å². The monoisotopic (exact) mass is 210 g/mol. The van der Waals surface area contributed by atoms with Crippen molar-refractivity contribution >= 4 is 29.3 Å². The van der Waals surface area contributed by atoms with Crippen LogP contribution in [0.5, 0.6) is 0 Å². The van der Waals surface area contributed by atoms with Crippen molar-refractivity contribution in [2.24, 2.45) is 0 Å². The van der Waals surface area contributed by atoms with Gasteiger partial charge in [0.25, 0.3) is 0 Å². The van der Waals surface area contributed by atoms with Crippen LogP contribution in [0.2, 0.25) is 0 Å². The SMILES string of the molecule is CSc1cccc2c1SCCC2=O. The van der Waals surface area contributed by atoms with Gasteiger partial charge in [0, 0.05) is 27.5 Å². The fourth-order valence-electron chi connectivity index (χ4n) is 1.43. The molecule has 1 heterocycles. The number of carbonyl (C=O) groups is 1. The minimum absolute atomic E-state index is 0.296. The van der Waals surface area contributed by atoms with Crippen molar-refractivity contribution in [2.45, 2.75) is 16.2 Å². The van der Waals surface area contributed by atoms with Crippen LogP contribution < -0.4 is 0 Å². The maximum atomic E-state index is 11.5. The molecule has 0 bridgehead atoms. The van der Waals surface area contributed by atoms with Crippen LogP contribution in [0.4, 0.5) is 0 Å². The van der Waals surface area contributed by atoms with E-state index in [2.05, 4.69) is 12.3 Å². The van der Waals surface area contributed by atoms with Gasteiger partial charge in [-0.05, 0) is 12.3 Å². The van der Waals surface area contributed by atoms with Gasteiger partial charge in [-0.15, -0.1) is 23.5 Å². The molecule has 0 aliphatic carbocycles. The largest absolute Gasteiger partial charge is 0.294 e. The van der Waals surface area contributed by atoms with Crippen LogP contribution in [0.15, 0.2) is 28.0 Å². The third-order valence-corrected chi connectivity index (χ3v) is 4.12. The minimum Gasteiger partial charge on any atom is -0.294 e. The Morgan fingerprint density at radius 3 is 3.08 bits per heavy atom. The standard InChI is InChI=1S/C10H10OS2/c1-12-9-4-2-3-7-8(11)5-6-13-10(7)9/h2-4H,5-6H2,1H3. The topological polar surface area (TPSA) is 17.1 Å². The molecule has 0 fully saturated rings.